The van der Waals surface area contributed by atoms with Gasteiger partial charge in [-0.05, 0) is 45.6 Å². The van der Waals surface area contributed by atoms with Gasteiger partial charge in [0.2, 0.25) is 0 Å². The molecule has 1 fully saturated rings. The Kier molecular flexibility index (Phi) is 4.86. The second kappa shape index (κ2) is 6.11. The Morgan fingerprint density at radius 2 is 1.70 bits per heavy atom. The molecule has 23 heavy (non-hydrogen) atoms. The number of ether oxygens (including phenoxy) is 1. The minimum absolute atomic E-state index is 0.117. The Hall–Kier alpha value is -1.05. The van der Waals surface area contributed by atoms with Gasteiger partial charge in [-0.2, -0.15) is 13.2 Å². The molecule has 0 radical (unpaired) electrons. The van der Waals surface area contributed by atoms with E-state index in [4.69, 9.17) is 14.0 Å². The van der Waals surface area contributed by atoms with E-state index in [-0.39, 0.29) is 6.61 Å². The highest BCUT2D eigenvalue weighted by Gasteiger charge is 2.51. The van der Waals surface area contributed by atoms with Crippen molar-refractivity contribution in [2.24, 2.45) is 0 Å². The smallest absolute Gasteiger partial charge is 0.399 e. The van der Waals surface area contributed by atoms with Gasteiger partial charge in [-0.3, -0.25) is 0 Å². The molecule has 7 heteroatoms. The van der Waals surface area contributed by atoms with Crippen molar-refractivity contribution in [1.82, 2.24) is 0 Å². The summed E-state index contributed by atoms with van der Waals surface area (Å²) in [6.45, 7) is 8.68. The van der Waals surface area contributed by atoms with Crippen LogP contribution in [0.3, 0.4) is 0 Å². The number of hydrogen-bond donors (Lipinski definition) is 0. The molecule has 0 N–H and O–H groups in total. The van der Waals surface area contributed by atoms with E-state index in [9.17, 15) is 13.2 Å². The molecule has 1 aromatic carbocycles. The first-order chi connectivity index (χ1) is 10.4. The summed E-state index contributed by atoms with van der Waals surface area (Å²) in [7, 11) is -0.542. The lowest BCUT2D eigenvalue weighted by Gasteiger charge is -2.32. The summed E-state index contributed by atoms with van der Waals surface area (Å²) in [5, 5.41) is 0. The van der Waals surface area contributed by atoms with Gasteiger partial charge >= 0.3 is 13.3 Å². The van der Waals surface area contributed by atoms with Crippen LogP contribution in [0.4, 0.5) is 13.2 Å². The largest absolute Gasteiger partial charge is 0.494 e. The van der Waals surface area contributed by atoms with Crippen LogP contribution in [0.1, 0.15) is 40.2 Å². The minimum atomic E-state index is -4.36. The molecule has 0 bridgehead atoms. The van der Waals surface area contributed by atoms with Crippen LogP contribution in [-0.4, -0.2) is 30.6 Å². The monoisotopic (exact) mass is 330 g/mol. The second-order valence-corrected chi connectivity index (χ2v) is 6.83. The summed E-state index contributed by atoms with van der Waals surface area (Å²) in [4.78, 5) is 0. The van der Waals surface area contributed by atoms with Crippen LogP contribution < -0.4 is 5.46 Å². The summed E-state index contributed by atoms with van der Waals surface area (Å²) in [6.07, 6.45) is -6.16. The van der Waals surface area contributed by atoms with E-state index in [2.05, 4.69) is 0 Å². The maximum absolute atomic E-state index is 12.5. The summed E-state index contributed by atoms with van der Waals surface area (Å²) < 4.78 is 54.2. The Labute approximate surface area is 135 Å². The molecule has 0 aliphatic carbocycles. The van der Waals surface area contributed by atoms with E-state index >= 15 is 0 Å². The fourth-order valence-electron chi connectivity index (χ4n) is 2.12. The predicted octanol–water partition coefficient (Wildman–Crippen LogP) is 3.45. The fourth-order valence-corrected chi connectivity index (χ4v) is 2.12. The zero-order valence-electron chi connectivity index (χ0n) is 14.0. The fraction of sp³-hybridized carbons (Fsp3) is 0.625. The molecule has 0 amide bonds. The molecule has 1 aliphatic rings. The van der Waals surface area contributed by atoms with Crippen molar-refractivity contribution in [3.63, 3.8) is 0 Å². The average molecular weight is 330 g/mol. The molecule has 128 valence electrons. The summed E-state index contributed by atoms with van der Waals surface area (Å²) >= 11 is 0. The molecular weight excluding hydrogens is 308 g/mol. The van der Waals surface area contributed by atoms with Gasteiger partial charge in [0.25, 0.3) is 0 Å². The van der Waals surface area contributed by atoms with Crippen LogP contribution in [0, 0.1) is 0 Å². The highest BCUT2D eigenvalue weighted by atomic mass is 19.4. The maximum Gasteiger partial charge on any atom is 0.494 e. The van der Waals surface area contributed by atoms with Crippen molar-refractivity contribution < 1.29 is 27.2 Å². The SMILES string of the molecule is C[C@@H](OCc1cccc(B2OC(C)(C)C(C)(C)O2)c1)C(F)(F)F. The van der Waals surface area contributed by atoms with Crippen LogP contribution >= 0.6 is 0 Å². The Morgan fingerprint density at radius 3 is 2.22 bits per heavy atom. The lowest BCUT2D eigenvalue weighted by molar-refractivity contribution is -0.217. The molecule has 3 nitrogen and oxygen atoms in total. The molecule has 1 heterocycles. The molecule has 0 unspecified atom stereocenters. The number of rotatable bonds is 4. The van der Waals surface area contributed by atoms with Crippen LogP contribution in [0.5, 0.6) is 0 Å². The van der Waals surface area contributed by atoms with E-state index in [1.54, 1.807) is 18.2 Å². The molecule has 1 atom stereocenters. The summed E-state index contributed by atoms with van der Waals surface area (Å²) in [5.41, 5.74) is 0.488. The van der Waals surface area contributed by atoms with Gasteiger partial charge in [0.05, 0.1) is 17.8 Å². The second-order valence-electron chi connectivity index (χ2n) is 6.83. The Balaban J connectivity index is 2.07. The lowest BCUT2D eigenvalue weighted by Crippen LogP contribution is -2.41. The molecule has 0 saturated carbocycles. The number of alkyl halides is 3. The third-order valence-electron chi connectivity index (χ3n) is 4.44. The van der Waals surface area contributed by atoms with Gasteiger partial charge in [-0.1, -0.05) is 24.3 Å². The lowest BCUT2D eigenvalue weighted by atomic mass is 9.78. The molecule has 0 spiro atoms. The molecule has 2 rings (SSSR count). The van der Waals surface area contributed by atoms with Crippen molar-refractivity contribution in [3.8, 4) is 0 Å². The van der Waals surface area contributed by atoms with Crippen molar-refractivity contribution in [1.29, 1.82) is 0 Å². The van der Waals surface area contributed by atoms with Crippen LogP contribution in [0.2, 0.25) is 0 Å². The molecular formula is C16H22BF3O3. The van der Waals surface area contributed by atoms with Gasteiger partial charge in [-0.15, -0.1) is 0 Å². The topological polar surface area (TPSA) is 27.7 Å². The summed E-state index contributed by atoms with van der Waals surface area (Å²) in [5.74, 6) is 0. The first-order valence-electron chi connectivity index (χ1n) is 7.55. The van der Waals surface area contributed by atoms with Gasteiger partial charge < -0.3 is 14.0 Å². The zero-order chi connectivity index (χ0) is 17.5. The van der Waals surface area contributed by atoms with Crippen LogP contribution in [0.15, 0.2) is 24.3 Å². The van der Waals surface area contributed by atoms with E-state index in [1.807, 2.05) is 33.8 Å². The van der Waals surface area contributed by atoms with Crippen LogP contribution in [-0.2, 0) is 20.7 Å². The van der Waals surface area contributed by atoms with Gasteiger partial charge in [0.1, 0.15) is 0 Å². The maximum atomic E-state index is 12.5. The van der Waals surface area contributed by atoms with E-state index < -0.39 is 30.6 Å². The van der Waals surface area contributed by atoms with E-state index in [0.717, 1.165) is 12.4 Å². The van der Waals surface area contributed by atoms with Crippen molar-refractivity contribution in [3.05, 3.63) is 29.8 Å². The Bertz CT molecular complexity index is 542. The van der Waals surface area contributed by atoms with Gasteiger partial charge in [0, 0.05) is 0 Å². The first-order valence-corrected chi connectivity index (χ1v) is 7.55. The average Bonchev–Trinajstić information content (AvgIpc) is 2.64. The molecule has 1 saturated heterocycles. The molecule has 0 aromatic heterocycles. The van der Waals surface area contributed by atoms with Crippen molar-refractivity contribution >= 4 is 12.6 Å². The molecule has 1 aliphatic heterocycles. The number of halogens is 3. The standard InChI is InChI=1S/C16H22BF3O3/c1-11(16(18,19)20)21-10-12-7-6-8-13(9-12)17-22-14(2,3)15(4,5)23-17/h6-9,11H,10H2,1-5H3/t11-/m1/s1. The Morgan fingerprint density at radius 1 is 1.13 bits per heavy atom. The van der Waals surface area contributed by atoms with Crippen LogP contribution in [0.25, 0.3) is 0 Å². The minimum Gasteiger partial charge on any atom is -0.399 e. The van der Waals surface area contributed by atoms with Crippen molar-refractivity contribution in [2.75, 3.05) is 0 Å². The van der Waals surface area contributed by atoms with E-state index in [1.165, 1.54) is 0 Å². The highest BCUT2D eigenvalue weighted by Crippen LogP contribution is 2.36. The quantitative estimate of drug-likeness (QED) is 0.792. The van der Waals surface area contributed by atoms with Gasteiger partial charge in [-0.25, -0.2) is 0 Å². The first kappa shape index (κ1) is 18.3. The summed E-state index contributed by atoms with van der Waals surface area (Å²) in [6, 6.07) is 7.07. The third kappa shape index (κ3) is 4.08. The normalized spacial score (nSPS) is 21.5. The third-order valence-corrected chi connectivity index (χ3v) is 4.44. The van der Waals surface area contributed by atoms with E-state index in [0.29, 0.717) is 5.56 Å². The number of hydrogen-bond acceptors (Lipinski definition) is 3. The zero-order valence-corrected chi connectivity index (χ0v) is 14.0. The van der Waals surface area contributed by atoms with Crippen molar-refractivity contribution in [2.45, 2.75) is 64.7 Å². The number of benzene rings is 1. The molecule has 1 aromatic rings. The predicted molar refractivity (Wildman–Crippen MR) is 82.5 cm³/mol. The highest BCUT2D eigenvalue weighted by molar-refractivity contribution is 6.62. The van der Waals surface area contributed by atoms with Gasteiger partial charge in [0.15, 0.2) is 6.10 Å².